The zero-order chi connectivity index (χ0) is 15.7. The highest BCUT2D eigenvalue weighted by molar-refractivity contribution is 9.09. The minimum atomic E-state index is -0.573. The molecule has 0 amide bonds. The third-order valence-electron chi connectivity index (χ3n) is 3.29. The van der Waals surface area contributed by atoms with Gasteiger partial charge in [-0.25, -0.2) is 9.37 Å². The van der Waals surface area contributed by atoms with Gasteiger partial charge in [0.1, 0.15) is 16.3 Å². The topological polar surface area (TPSA) is 55.7 Å². The fourth-order valence-corrected chi connectivity index (χ4v) is 2.62. The van der Waals surface area contributed by atoms with Crippen LogP contribution in [0.1, 0.15) is 26.6 Å². The number of nitrogens with zero attached hydrogens (tertiary/aromatic N) is 3. The van der Waals surface area contributed by atoms with E-state index in [4.69, 9.17) is 0 Å². The summed E-state index contributed by atoms with van der Waals surface area (Å²) in [6, 6.07) is 8.06. The molecule has 0 aliphatic heterocycles. The predicted molar refractivity (Wildman–Crippen MR) is 84.5 cm³/mol. The fraction of sp³-hybridized carbons (Fsp3) is 0.125. The van der Waals surface area contributed by atoms with Gasteiger partial charge in [0.05, 0.1) is 16.7 Å². The van der Waals surface area contributed by atoms with Crippen LogP contribution in [0.4, 0.5) is 4.39 Å². The first-order chi connectivity index (χ1) is 10.6. The third-order valence-corrected chi connectivity index (χ3v) is 4.23. The molecule has 0 saturated heterocycles. The van der Waals surface area contributed by atoms with E-state index in [1.807, 2.05) is 12.1 Å². The van der Waals surface area contributed by atoms with Crippen LogP contribution < -0.4 is 0 Å². The van der Waals surface area contributed by atoms with Gasteiger partial charge < -0.3 is 0 Å². The molecule has 2 heterocycles. The first kappa shape index (κ1) is 14.7. The summed E-state index contributed by atoms with van der Waals surface area (Å²) in [7, 11) is 0. The van der Waals surface area contributed by atoms with Crippen LogP contribution >= 0.6 is 15.9 Å². The Bertz CT molecular complexity index is 869. The lowest BCUT2D eigenvalue weighted by molar-refractivity contribution is 0.0986. The number of carbonyl (C=O) groups excluding carboxylic acids is 1. The summed E-state index contributed by atoms with van der Waals surface area (Å²) in [6.45, 7) is 1.53. The molecule has 0 aliphatic carbocycles. The van der Waals surface area contributed by atoms with Crippen LogP contribution in [0, 0.1) is 12.7 Å². The number of halogens is 2. The van der Waals surface area contributed by atoms with E-state index in [1.54, 1.807) is 18.5 Å². The molecule has 22 heavy (non-hydrogen) atoms. The SMILES string of the molecule is Cc1nc(C(=O)C(Br)c2ccc3nccnc3c2)ccc1F. The second-order valence-electron chi connectivity index (χ2n) is 4.80. The molecule has 0 spiro atoms. The van der Waals surface area contributed by atoms with Gasteiger partial charge in [0.25, 0.3) is 0 Å². The van der Waals surface area contributed by atoms with Gasteiger partial charge in [0.15, 0.2) is 5.78 Å². The lowest BCUT2D eigenvalue weighted by atomic mass is 10.1. The minimum Gasteiger partial charge on any atom is -0.291 e. The van der Waals surface area contributed by atoms with Crippen molar-refractivity contribution >= 4 is 32.7 Å². The summed E-state index contributed by atoms with van der Waals surface area (Å²) < 4.78 is 13.3. The number of rotatable bonds is 3. The molecule has 2 aromatic heterocycles. The average molecular weight is 360 g/mol. The third kappa shape index (κ3) is 2.74. The molecular weight excluding hydrogens is 349 g/mol. The summed E-state index contributed by atoms with van der Waals surface area (Å²) in [5, 5.41) is 0. The van der Waals surface area contributed by atoms with E-state index < -0.39 is 10.6 Å². The number of pyridine rings is 1. The maximum Gasteiger partial charge on any atom is 0.199 e. The van der Waals surface area contributed by atoms with E-state index in [-0.39, 0.29) is 17.2 Å². The van der Waals surface area contributed by atoms with Gasteiger partial charge in [-0.1, -0.05) is 22.0 Å². The van der Waals surface area contributed by atoms with E-state index in [0.29, 0.717) is 5.52 Å². The molecule has 4 nitrogen and oxygen atoms in total. The summed E-state index contributed by atoms with van der Waals surface area (Å²) >= 11 is 3.39. The standard InChI is InChI=1S/C16H11BrFN3O/c1-9-11(18)3-5-13(21-9)16(22)15(17)10-2-4-12-14(8-10)20-7-6-19-12/h2-8,15H,1H3. The van der Waals surface area contributed by atoms with Crippen LogP contribution in [0.25, 0.3) is 11.0 Å². The molecule has 110 valence electrons. The Balaban J connectivity index is 1.95. The maximum absolute atomic E-state index is 13.3. The van der Waals surface area contributed by atoms with Gasteiger partial charge in [-0.2, -0.15) is 0 Å². The first-order valence-electron chi connectivity index (χ1n) is 6.58. The van der Waals surface area contributed by atoms with Crippen LogP contribution in [0.5, 0.6) is 0 Å². The van der Waals surface area contributed by atoms with Gasteiger partial charge in [-0.05, 0) is 36.8 Å². The molecule has 0 aliphatic rings. The highest BCUT2D eigenvalue weighted by atomic mass is 79.9. The van der Waals surface area contributed by atoms with Crippen LogP contribution in [-0.2, 0) is 0 Å². The Morgan fingerprint density at radius 1 is 1.14 bits per heavy atom. The molecule has 0 bridgehead atoms. The second-order valence-corrected chi connectivity index (χ2v) is 5.71. The molecule has 0 saturated carbocycles. The largest absolute Gasteiger partial charge is 0.291 e. The highest BCUT2D eigenvalue weighted by Crippen LogP contribution is 2.28. The molecule has 3 aromatic rings. The van der Waals surface area contributed by atoms with Crippen molar-refractivity contribution in [2.75, 3.05) is 0 Å². The van der Waals surface area contributed by atoms with E-state index in [2.05, 4.69) is 30.9 Å². The second kappa shape index (κ2) is 5.88. The van der Waals surface area contributed by atoms with Crippen molar-refractivity contribution in [3.63, 3.8) is 0 Å². The molecule has 0 fully saturated rings. The van der Waals surface area contributed by atoms with Crippen LogP contribution in [0.2, 0.25) is 0 Å². The van der Waals surface area contributed by atoms with Crippen molar-refractivity contribution in [2.45, 2.75) is 11.8 Å². The van der Waals surface area contributed by atoms with E-state index in [0.717, 1.165) is 11.1 Å². The molecule has 1 unspecified atom stereocenters. The van der Waals surface area contributed by atoms with Crippen molar-refractivity contribution in [2.24, 2.45) is 0 Å². The number of ketones is 1. The quantitative estimate of drug-likeness (QED) is 0.527. The molecule has 1 aromatic carbocycles. The van der Waals surface area contributed by atoms with Crippen molar-refractivity contribution < 1.29 is 9.18 Å². The lowest BCUT2D eigenvalue weighted by Gasteiger charge is -2.10. The van der Waals surface area contributed by atoms with Crippen molar-refractivity contribution in [1.29, 1.82) is 0 Å². The van der Waals surface area contributed by atoms with Crippen molar-refractivity contribution in [3.8, 4) is 0 Å². The summed E-state index contributed by atoms with van der Waals surface area (Å²) in [5.41, 5.74) is 2.64. The number of fused-ring (bicyclic) bond motifs is 1. The number of aryl methyl sites for hydroxylation is 1. The van der Waals surface area contributed by atoms with E-state index in [9.17, 15) is 9.18 Å². The zero-order valence-electron chi connectivity index (χ0n) is 11.6. The summed E-state index contributed by atoms with van der Waals surface area (Å²) in [4.78, 5) is 24.3. The van der Waals surface area contributed by atoms with Gasteiger partial charge in [0.2, 0.25) is 0 Å². The van der Waals surface area contributed by atoms with Gasteiger partial charge >= 0.3 is 0 Å². The van der Waals surface area contributed by atoms with Gasteiger partial charge in [-0.3, -0.25) is 14.8 Å². The van der Waals surface area contributed by atoms with Crippen molar-refractivity contribution in [3.05, 3.63) is 65.5 Å². The van der Waals surface area contributed by atoms with Crippen LogP contribution in [0.15, 0.2) is 42.7 Å². The lowest BCUT2D eigenvalue weighted by Crippen LogP contribution is -2.10. The first-order valence-corrected chi connectivity index (χ1v) is 7.50. The normalized spacial score (nSPS) is 12.3. The van der Waals surface area contributed by atoms with Gasteiger partial charge in [0, 0.05) is 12.4 Å². The Morgan fingerprint density at radius 3 is 2.59 bits per heavy atom. The Kier molecular flexibility index (Phi) is 3.94. The van der Waals surface area contributed by atoms with E-state index >= 15 is 0 Å². The van der Waals surface area contributed by atoms with Crippen molar-refractivity contribution in [1.82, 2.24) is 15.0 Å². The highest BCUT2D eigenvalue weighted by Gasteiger charge is 2.21. The number of benzene rings is 1. The van der Waals surface area contributed by atoms with Gasteiger partial charge in [-0.15, -0.1) is 0 Å². The Labute approximate surface area is 134 Å². The van der Waals surface area contributed by atoms with Crippen LogP contribution in [-0.4, -0.2) is 20.7 Å². The Hall–Kier alpha value is -2.21. The molecule has 0 radical (unpaired) electrons. The average Bonchev–Trinajstić information content (AvgIpc) is 2.55. The maximum atomic E-state index is 13.3. The number of hydrogen-bond donors (Lipinski definition) is 0. The zero-order valence-corrected chi connectivity index (χ0v) is 13.2. The predicted octanol–water partition coefficient (Wildman–Crippen LogP) is 3.79. The summed E-state index contributed by atoms with van der Waals surface area (Å²) in [5.74, 6) is -0.657. The number of alkyl halides is 1. The molecule has 0 N–H and O–H groups in total. The fourth-order valence-electron chi connectivity index (χ4n) is 2.10. The minimum absolute atomic E-state index is 0.204. The smallest absolute Gasteiger partial charge is 0.199 e. The summed E-state index contributed by atoms with van der Waals surface area (Å²) in [6.07, 6.45) is 3.21. The molecule has 3 rings (SSSR count). The molecule has 6 heteroatoms. The van der Waals surface area contributed by atoms with E-state index in [1.165, 1.54) is 19.1 Å². The monoisotopic (exact) mass is 359 g/mol. The Morgan fingerprint density at radius 2 is 1.86 bits per heavy atom. The number of Topliss-reactive ketones (excluding diaryl/α,β-unsaturated/α-hetero) is 1. The number of carbonyl (C=O) groups is 1. The molecule has 1 atom stereocenters. The molecular formula is C16H11BrFN3O. The number of hydrogen-bond acceptors (Lipinski definition) is 4. The number of aromatic nitrogens is 3. The van der Waals surface area contributed by atoms with Crippen LogP contribution in [0.3, 0.4) is 0 Å².